The highest BCUT2D eigenvalue weighted by Gasteiger charge is 2.21. The van der Waals surface area contributed by atoms with E-state index in [0.29, 0.717) is 18.2 Å². The van der Waals surface area contributed by atoms with E-state index < -0.39 is 0 Å². The van der Waals surface area contributed by atoms with Gasteiger partial charge in [0.05, 0.1) is 0 Å². The Morgan fingerprint density at radius 2 is 1.96 bits per heavy atom. The third kappa shape index (κ3) is 5.20. The first-order valence-electron chi connectivity index (χ1n) is 8.57. The molecular formula is C18H30N4O. The number of anilines is 1. The van der Waals surface area contributed by atoms with Gasteiger partial charge in [-0.2, -0.15) is 0 Å². The first kappa shape index (κ1) is 17.7. The van der Waals surface area contributed by atoms with E-state index >= 15 is 0 Å². The van der Waals surface area contributed by atoms with E-state index in [9.17, 15) is 4.79 Å². The van der Waals surface area contributed by atoms with Crippen molar-refractivity contribution in [1.29, 1.82) is 0 Å². The van der Waals surface area contributed by atoms with Crippen LogP contribution in [0.3, 0.4) is 0 Å². The van der Waals surface area contributed by atoms with Crippen LogP contribution in [0, 0.1) is 5.92 Å². The van der Waals surface area contributed by atoms with Crippen LogP contribution < -0.4 is 4.90 Å². The Hall–Kier alpha value is -1.62. The minimum absolute atomic E-state index is 0.314. The van der Waals surface area contributed by atoms with E-state index in [1.165, 1.54) is 11.3 Å². The van der Waals surface area contributed by atoms with E-state index in [4.69, 9.17) is 0 Å². The van der Waals surface area contributed by atoms with Crippen molar-refractivity contribution in [3.63, 3.8) is 0 Å². The molecule has 0 spiro atoms. The smallest absolute Gasteiger partial charge is 0.222 e. The fraction of sp³-hybridized carbons (Fsp3) is 0.667. The average Bonchev–Trinajstić information content (AvgIpc) is 2.53. The Morgan fingerprint density at radius 1 is 1.26 bits per heavy atom. The highest BCUT2D eigenvalue weighted by molar-refractivity contribution is 5.76. The Morgan fingerprint density at radius 3 is 2.57 bits per heavy atom. The summed E-state index contributed by atoms with van der Waals surface area (Å²) in [7, 11) is 4.12. The second-order valence-electron chi connectivity index (χ2n) is 6.99. The average molecular weight is 318 g/mol. The normalized spacial score (nSPS) is 16.0. The van der Waals surface area contributed by atoms with Gasteiger partial charge in [-0.15, -0.1) is 0 Å². The van der Waals surface area contributed by atoms with Gasteiger partial charge in [0.2, 0.25) is 5.91 Å². The fourth-order valence-electron chi connectivity index (χ4n) is 2.94. The molecule has 0 N–H and O–H groups in total. The lowest BCUT2D eigenvalue weighted by atomic mass is 10.1. The molecule has 1 amide bonds. The summed E-state index contributed by atoms with van der Waals surface area (Å²) in [5.74, 6) is 0.906. The predicted molar refractivity (Wildman–Crippen MR) is 94.5 cm³/mol. The van der Waals surface area contributed by atoms with Crippen molar-refractivity contribution < 1.29 is 4.79 Å². The number of carbonyl (C=O) groups is 1. The van der Waals surface area contributed by atoms with Crippen LogP contribution in [0.15, 0.2) is 18.5 Å². The fourth-order valence-corrected chi connectivity index (χ4v) is 2.94. The third-order valence-corrected chi connectivity index (χ3v) is 4.41. The van der Waals surface area contributed by atoms with Gasteiger partial charge in [0, 0.05) is 76.9 Å². The molecule has 1 aromatic rings. The van der Waals surface area contributed by atoms with Crippen molar-refractivity contribution in [3.8, 4) is 0 Å². The van der Waals surface area contributed by atoms with Crippen molar-refractivity contribution in [1.82, 2.24) is 14.8 Å². The quantitative estimate of drug-likeness (QED) is 0.806. The van der Waals surface area contributed by atoms with Gasteiger partial charge in [-0.1, -0.05) is 13.8 Å². The number of rotatable bonds is 6. The predicted octanol–water partition coefficient (Wildman–Crippen LogP) is 2.23. The number of carbonyl (C=O) groups excluding carboxylic acids is 1. The van der Waals surface area contributed by atoms with E-state index in [1.54, 1.807) is 0 Å². The number of nitrogens with zero attached hydrogens (tertiary/aromatic N) is 4. The van der Waals surface area contributed by atoms with E-state index in [0.717, 1.165) is 39.1 Å². The summed E-state index contributed by atoms with van der Waals surface area (Å²) in [5.41, 5.74) is 2.47. The van der Waals surface area contributed by atoms with Crippen LogP contribution in [0.25, 0.3) is 0 Å². The maximum Gasteiger partial charge on any atom is 0.222 e. The Labute approximate surface area is 140 Å². The third-order valence-electron chi connectivity index (χ3n) is 4.41. The van der Waals surface area contributed by atoms with Crippen LogP contribution in [0.5, 0.6) is 0 Å². The van der Waals surface area contributed by atoms with Crippen molar-refractivity contribution in [2.75, 3.05) is 45.2 Å². The SMILES string of the molecule is CC(C)CCC(=O)N1CCN(Cc2cnccc2N(C)C)CC1. The minimum atomic E-state index is 0.314. The molecule has 5 nitrogen and oxygen atoms in total. The Kier molecular flexibility index (Phi) is 6.39. The zero-order valence-corrected chi connectivity index (χ0v) is 15.0. The van der Waals surface area contributed by atoms with E-state index in [2.05, 4.69) is 48.8 Å². The molecule has 1 aromatic heterocycles. The maximum absolute atomic E-state index is 12.2. The molecule has 0 unspecified atom stereocenters. The second-order valence-corrected chi connectivity index (χ2v) is 6.99. The lowest BCUT2D eigenvalue weighted by Crippen LogP contribution is -2.48. The molecule has 1 aliphatic heterocycles. The zero-order valence-electron chi connectivity index (χ0n) is 15.0. The summed E-state index contributed by atoms with van der Waals surface area (Å²) in [4.78, 5) is 23.0. The molecule has 2 heterocycles. The van der Waals surface area contributed by atoms with E-state index in [-0.39, 0.29) is 0 Å². The summed E-state index contributed by atoms with van der Waals surface area (Å²) < 4.78 is 0. The van der Waals surface area contributed by atoms with Crippen molar-refractivity contribution >= 4 is 11.6 Å². The molecule has 2 rings (SSSR count). The van der Waals surface area contributed by atoms with Gasteiger partial charge in [0.25, 0.3) is 0 Å². The highest BCUT2D eigenvalue weighted by Crippen LogP contribution is 2.19. The van der Waals surface area contributed by atoms with Gasteiger partial charge in [0.15, 0.2) is 0 Å². The molecule has 0 aliphatic carbocycles. The molecule has 1 fully saturated rings. The number of amides is 1. The first-order chi connectivity index (χ1) is 11.0. The molecule has 0 radical (unpaired) electrons. The number of hydrogen-bond acceptors (Lipinski definition) is 4. The summed E-state index contributed by atoms with van der Waals surface area (Å²) in [6, 6.07) is 2.06. The maximum atomic E-state index is 12.2. The highest BCUT2D eigenvalue weighted by atomic mass is 16.2. The molecule has 0 bridgehead atoms. The second kappa shape index (κ2) is 8.29. The number of piperazine rings is 1. The first-order valence-corrected chi connectivity index (χ1v) is 8.57. The van der Waals surface area contributed by atoms with Crippen molar-refractivity contribution in [3.05, 3.63) is 24.0 Å². The van der Waals surface area contributed by atoms with Gasteiger partial charge in [-0.3, -0.25) is 14.7 Å². The molecular weight excluding hydrogens is 288 g/mol. The molecule has 0 atom stereocenters. The van der Waals surface area contributed by atoms with Crippen molar-refractivity contribution in [2.45, 2.75) is 33.2 Å². The lowest BCUT2D eigenvalue weighted by Gasteiger charge is -2.35. The van der Waals surface area contributed by atoms with Crippen LogP contribution in [-0.2, 0) is 11.3 Å². The van der Waals surface area contributed by atoms with Crippen LogP contribution in [-0.4, -0.2) is 61.0 Å². The molecule has 1 aliphatic rings. The van der Waals surface area contributed by atoms with Gasteiger partial charge >= 0.3 is 0 Å². The molecule has 0 saturated carbocycles. The van der Waals surface area contributed by atoms with Crippen LogP contribution in [0.4, 0.5) is 5.69 Å². The zero-order chi connectivity index (χ0) is 16.8. The minimum Gasteiger partial charge on any atom is -0.377 e. The number of aromatic nitrogens is 1. The number of hydrogen-bond donors (Lipinski definition) is 0. The Balaban J connectivity index is 1.84. The molecule has 5 heteroatoms. The standard InChI is InChI=1S/C18H30N4O/c1-15(2)5-6-18(23)22-11-9-21(10-12-22)14-16-13-19-8-7-17(16)20(3)4/h7-8,13,15H,5-6,9-12,14H2,1-4H3. The van der Waals surface area contributed by atoms with Gasteiger partial charge < -0.3 is 9.80 Å². The van der Waals surface area contributed by atoms with Crippen molar-refractivity contribution in [2.24, 2.45) is 5.92 Å². The summed E-state index contributed by atoms with van der Waals surface area (Å²) in [6.07, 6.45) is 5.46. The summed E-state index contributed by atoms with van der Waals surface area (Å²) in [5, 5.41) is 0. The summed E-state index contributed by atoms with van der Waals surface area (Å²) >= 11 is 0. The largest absolute Gasteiger partial charge is 0.377 e. The summed E-state index contributed by atoms with van der Waals surface area (Å²) in [6.45, 7) is 8.80. The molecule has 0 aromatic carbocycles. The van der Waals surface area contributed by atoms with Crippen LogP contribution in [0.1, 0.15) is 32.3 Å². The van der Waals surface area contributed by atoms with Crippen LogP contribution in [0.2, 0.25) is 0 Å². The van der Waals surface area contributed by atoms with Gasteiger partial charge in [-0.25, -0.2) is 0 Å². The van der Waals surface area contributed by atoms with Gasteiger partial charge in [-0.05, 0) is 18.4 Å². The molecule has 128 valence electrons. The van der Waals surface area contributed by atoms with Crippen LogP contribution >= 0.6 is 0 Å². The monoisotopic (exact) mass is 318 g/mol. The topological polar surface area (TPSA) is 39.7 Å². The molecule has 1 saturated heterocycles. The lowest BCUT2D eigenvalue weighted by molar-refractivity contribution is -0.133. The Bertz CT molecular complexity index is 507. The van der Waals surface area contributed by atoms with E-state index in [1.807, 2.05) is 17.3 Å². The molecule has 23 heavy (non-hydrogen) atoms. The van der Waals surface area contributed by atoms with Gasteiger partial charge in [0.1, 0.15) is 0 Å². The number of pyridine rings is 1.